The SMILES string of the molecule is Cc1nc(NCc2cnn(C)c2)cc(OCC2CC2)n1.c1cscn1. The molecule has 1 fully saturated rings. The molecule has 0 spiro atoms. The second kappa shape index (κ2) is 8.57. The number of rotatable bonds is 6. The van der Waals surface area contributed by atoms with Gasteiger partial charge in [-0.15, -0.1) is 11.3 Å². The van der Waals surface area contributed by atoms with Crippen molar-refractivity contribution in [3.05, 3.63) is 46.9 Å². The number of aryl methyl sites for hydroxylation is 2. The van der Waals surface area contributed by atoms with Crippen LogP contribution in [0.5, 0.6) is 5.88 Å². The predicted octanol–water partition coefficient (Wildman–Crippen LogP) is 3.06. The first-order chi connectivity index (χ1) is 12.2. The molecule has 3 heterocycles. The van der Waals surface area contributed by atoms with E-state index in [2.05, 4.69) is 25.4 Å². The molecule has 1 saturated carbocycles. The molecular weight excluding hydrogens is 336 g/mol. The number of ether oxygens (including phenoxy) is 1. The number of hydrogen-bond acceptors (Lipinski definition) is 7. The normalized spacial score (nSPS) is 13.0. The summed E-state index contributed by atoms with van der Waals surface area (Å²) in [5.74, 6) is 2.87. The van der Waals surface area contributed by atoms with Crippen molar-refractivity contribution in [2.24, 2.45) is 13.0 Å². The summed E-state index contributed by atoms with van der Waals surface area (Å²) in [4.78, 5) is 12.4. The van der Waals surface area contributed by atoms with Gasteiger partial charge in [-0.3, -0.25) is 9.67 Å². The van der Waals surface area contributed by atoms with E-state index in [-0.39, 0.29) is 0 Å². The fourth-order valence-corrected chi connectivity index (χ4v) is 2.48. The van der Waals surface area contributed by atoms with Crippen molar-refractivity contribution in [1.82, 2.24) is 24.7 Å². The molecule has 3 aromatic heterocycles. The highest BCUT2D eigenvalue weighted by Gasteiger charge is 2.22. The highest BCUT2D eigenvalue weighted by molar-refractivity contribution is 7.07. The minimum atomic E-state index is 0.651. The van der Waals surface area contributed by atoms with Crippen LogP contribution in [0, 0.1) is 12.8 Å². The summed E-state index contributed by atoms with van der Waals surface area (Å²) in [5, 5.41) is 9.34. The van der Waals surface area contributed by atoms with Gasteiger partial charge in [-0.05, 0) is 25.7 Å². The number of nitrogens with zero attached hydrogens (tertiary/aromatic N) is 5. The summed E-state index contributed by atoms with van der Waals surface area (Å²) in [7, 11) is 1.90. The molecule has 3 aromatic rings. The van der Waals surface area contributed by atoms with Gasteiger partial charge in [0.1, 0.15) is 11.6 Å². The zero-order valence-electron chi connectivity index (χ0n) is 14.4. The molecule has 0 aliphatic heterocycles. The van der Waals surface area contributed by atoms with Crippen molar-refractivity contribution in [3.63, 3.8) is 0 Å². The molecule has 1 aliphatic carbocycles. The monoisotopic (exact) mass is 358 g/mol. The molecule has 0 saturated heterocycles. The van der Waals surface area contributed by atoms with Gasteiger partial charge in [0.15, 0.2) is 0 Å². The lowest BCUT2D eigenvalue weighted by atomic mass is 10.3. The third-order valence-corrected chi connectivity index (χ3v) is 4.08. The van der Waals surface area contributed by atoms with E-state index < -0.39 is 0 Å². The summed E-state index contributed by atoms with van der Waals surface area (Å²) >= 11 is 1.60. The zero-order chi connectivity index (χ0) is 17.5. The molecule has 1 aliphatic rings. The van der Waals surface area contributed by atoms with Crippen molar-refractivity contribution in [3.8, 4) is 5.88 Å². The van der Waals surface area contributed by atoms with Crippen LogP contribution in [0.15, 0.2) is 35.5 Å². The first kappa shape index (κ1) is 17.3. The van der Waals surface area contributed by atoms with Crippen LogP contribution in [0.4, 0.5) is 5.82 Å². The molecule has 1 N–H and O–H groups in total. The molecule has 0 amide bonds. The lowest BCUT2D eigenvalue weighted by molar-refractivity contribution is 0.287. The van der Waals surface area contributed by atoms with Gasteiger partial charge in [0.2, 0.25) is 5.88 Å². The number of hydrogen-bond donors (Lipinski definition) is 1. The number of nitrogens with one attached hydrogen (secondary N) is 1. The number of aromatic nitrogens is 5. The number of thiazole rings is 1. The number of anilines is 1. The van der Waals surface area contributed by atoms with E-state index in [1.165, 1.54) is 12.8 Å². The smallest absolute Gasteiger partial charge is 0.218 e. The van der Waals surface area contributed by atoms with Gasteiger partial charge in [-0.2, -0.15) is 10.1 Å². The maximum atomic E-state index is 5.70. The molecule has 0 atom stereocenters. The molecule has 0 radical (unpaired) electrons. The average Bonchev–Trinajstić information content (AvgIpc) is 3.05. The molecular formula is C17H22N6OS. The fraction of sp³-hybridized carbons (Fsp3) is 0.412. The van der Waals surface area contributed by atoms with Gasteiger partial charge in [-0.25, -0.2) is 4.98 Å². The van der Waals surface area contributed by atoms with Crippen molar-refractivity contribution in [2.75, 3.05) is 11.9 Å². The Morgan fingerprint density at radius 3 is 2.84 bits per heavy atom. The summed E-state index contributed by atoms with van der Waals surface area (Å²) in [6.45, 7) is 3.32. The molecule has 132 valence electrons. The van der Waals surface area contributed by atoms with E-state index in [9.17, 15) is 0 Å². The van der Waals surface area contributed by atoms with E-state index in [1.54, 1.807) is 27.7 Å². The summed E-state index contributed by atoms with van der Waals surface area (Å²) in [5.41, 5.74) is 2.91. The van der Waals surface area contributed by atoms with Crippen molar-refractivity contribution < 1.29 is 4.74 Å². The van der Waals surface area contributed by atoms with Crippen LogP contribution in [-0.4, -0.2) is 31.3 Å². The summed E-state index contributed by atoms with van der Waals surface area (Å²) in [6, 6.07) is 1.85. The lowest BCUT2D eigenvalue weighted by Gasteiger charge is -2.08. The Balaban J connectivity index is 0.000000314. The van der Waals surface area contributed by atoms with Gasteiger partial charge in [-0.1, -0.05) is 0 Å². The van der Waals surface area contributed by atoms with E-state index in [4.69, 9.17) is 4.74 Å². The van der Waals surface area contributed by atoms with E-state index in [0.717, 1.165) is 23.9 Å². The highest BCUT2D eigenvalue weighted by atomic mass is 32.1. The van der Waals surface area contributed by atoms with Crippen molar-refractivity contribution >= 4 is 17.2 Å². The average molecular weight is 358 g/mol. The Labute approximate surface area is 151 Å². The van der Waals surface area contributed by atoms with Gasteiger partial charge in [0, 0.05) is 43.0 Å². The zero-order valence-corrected chi connectivity index (χ0v) is 15.2. The van der Waals surface area contributed by atoms with E-state index >= 15 is 0 Å². The third kappa shape index (κ3) is 6.15. The predicted molar refractivity (Wildman–Crippen MR) is 97.6 cm³/mol. The topological polar surface area (TPSA) is 77.8 Å². The Morgan fingerprint density at radius 2 is 2.24 bits per heavy atom. The van der Waals surface area contributed by atoms with Gasteiger partial charge < -0.3 is 10.1 Å². The second-order valence-electron chi connectivity index (χ2n) is 5.94. The Bertz CT molecular complexity index is 752. The lowest BCUT2D eigenvalue weighted by Crippen LogP contribution is -2.06. The standard InChI is InChI=1S/C14H19N5O.C3H3NS/c1-10-17-13(15-6-12-7-16-19(2)8-12)5-14(18-10)20-9-11-3-4-11;1-2-5-3-4-1/h5,7-8,11H,3-4,6,9H2,1-2H3,(H,15,17,18);1-3H. The Hall–Kier alpha value is -2.48. The van der Waals surface area contributed by atoms with Crippen molar-refractivity contribution in [2.45, 2.75) is 26.3 Å². The minimum Gasteiger partial charge on any atom is -0.477 e. The first-order valence-corrected chi connectivity index (χ1v) is 9.15. The molecule has 7 nitrogen and oxygen atoms in total. The molecule has 25 heavy (non-hydrogen) atoms. The van der Waals surface area contributed by atoms with Gasteiger partial charge >= 0.3 is 0 Å². The van der Waals surface area contributed by atoms with Crippen LogP contribution >= 0.6 is 11.3 Å². The minimum absolute atomic E-state index is 0.651. The van der Waals surface area contributed by atoms with Gasteiger partial charge in [0.05, 0.1) is 18.3 Å². The second-order valence-corrected chi connectivity index (χ2v) is 6.70. The van der Waals surface area contributed by atoms with Crippen molar-refractivity contribution in [1.29, 1.82) is 0 Å². The summed E-state index contributed by atoms with van der Waals surface area (Å²) in [6.07, 6.45) is 8.13. The van der Waals surface area contributed by atoms with E-state index in [0.29, 0.717) is 18.2 Å². The molecule has 0 bridgehead atoms. The van der Waals surface area contributed by atoms with Crippen LogP contribution in [0.2, 0.25) is 0 Å². The van der Waals surface area contributed by atoms with Crippen LogP contribution in [0.25, 0.3) is 0 Å². The van der Waals surface area contributed by atoms with Crippen LogP contribution in [0.3, 0.4) is 0 Å². The Morgan fingerprint density at radius 1 is 1.36 bits per heavy atom. The first-order valence-electron chi connectivity index (χ1n) is 8.21. The maximum Gasteiger partial charge on any atom is 0.218 e. The molecule has 0 unspecified atom stereocenters. The quantitative estimate of drug-likeness (QED) is 0.730. The van der Waals surface area contributed by atoms with E-state index in [1.807, 2.05) is 37.8 Å². The largest absolute Gasteiger partial charge is 0.477 e. The van der Waals surface area contributed by atoms with Crippen LogP contribution in [0.1, 0.15) is 24.2 Å². The van der Waals surface area contributed by atoms with Crippen LogP contribution < -0.4 is 10.1 Å². The molecule has 8 heteroatoms. The van der Waals surface area contributed by atoms with Gasteiger partial charge in [0.25, 0.3) is 0 Å². The molecule has 0 aromatic carbocycles. The third-order valence-electron chi connectivity index (χ3n) is 3.56. The molecule has 4 rings (SSSR count). The Kier molecular flexibility index (Phi) is 5.95. The van der Waals surface area contributed by atoms with Crippen LogP contribution in [-0.2, 0) is 13.6 Å². The maximum absolute atomic E-state index is 5.70. The summed E-state index contributed by atoms with van der Waals surface area (Å²) < 4.78 is 7.48. The fourth-order valence-electron chi connectivity index (χ4n) is 2.12. The highest BCUT2D eigenvalue weighted by Crippen LogP contribution is 2.29.